The summed E-state index contributed by atoms with van der Waals surface area (Å²) in [6, 6.07) is 9.35. The summed E-state index contributed by atoms with van der Waals surface area (Å²) in [6.45, 7) is 3.50. The number of aliphatic carboxylic acids is 1. The normalized spacial score (nSPS) is 18.3. The molecule has 5 nitrogen and oxygen atoms in total. The van der Waals surface area contributed by atoms with Crippen LogP contribution in [0.4, 0.5) is 0 Å². The van der Waals surface area contributed by atoms with Crippen molar-refractivity contribution in [3.63, 3.8) is 0 Å². The molecule has 0 aliphatic carbocycles. The Kier molecular flexibility index (Phi) is 5.11. The molecule has 1 atom stereocenters. The molecule has 1 aliphatic heterocycles. The van der Waals surface area contributed by atoms with Gasteiger partial charge in [-0.1, -0.05) is 18.6 Å². The maximum Gasteiger partial charge on any atom is 0.320 e. The van der Waals surface area contributed by atoms with E-state index in [-0.39, 0.29) is 6.04 Å². The van der Waals surface area contributed by atoms with Gasteiger partial charge >= 0.3 is 5.97 Å². The first kappa shape index (κ1) is 16.5. The van der Waals surface area contributed by atoms with E-state index in [2.05, 4.69) is 16.0 Å². The third-order valence-corrected chi connectivity index (χ3v) is 4.39. The van der Waals surface area contributed by atoms with E-state index >= 15 is 0 Å². The predicted molar refractivity (Wildman–Crippen MR) is 91.2 cm³/mol. The number of hydrogen-bond acceptors (Lipinski definition) is 4. The quantitative estimate of drug-likeness (QED) is 0.909. The fraction of sp³-hybridized carbons (Fsp3) is 0.368. The number of piperidine rings is 1. The van der Waals surface area contributed by atoms with Gasteiger partial charge in [-0.2, -0.15) is 0 Å². The Bertz CT molecular complexity index is 703. The molecule has 1 fully saturated rings. The SMILES string of the molecule is Cc1cc(CN2CCCCC2C(=O)O)ccc1Oc1cccnc1. The smallest absolute Gasteiger partial charge is 0.320 e. The van der Waals surface area contributed by atoms with Crippen LogP contribution in [0.2, 0.25) is 0 Å². The molecule has 1 unspecified atom stereocenters. The topological polar surface area (TPSA) is 62.7 Å². The lowest BCUT2D eigenvalue weighted by Gasteiger charge is -2.33. The van der Waals surface area contributed by atoms with Crippen molar-refractivity contribution in [3.8, 4) is 11.5 Å². The van der Waals surface area contributed by atoms with Crippen molar-refractivity contribution in [2.75, 3.05) is 6.54 Å². The number of ether oxygens (including phenoxy) is 1. The van der Waals surface area contributed by atoms with Gasteiger partial charge in [-0.05, 0) is 55.6 Å². The summed E-state index contributed by atoms with van der Waals surface area (Å²) in [5.74, 6) is 0.776. The highest BCUT2D eigenvalue weighted by atomic mass is 16.5. The monoisotopic (exact) mass is 326 g/mol. The Hall–Kier alpha value is -2.40. The maximum absolute atomic E-state index is 11.4. The lowest BCUT2D eigenvalue weighted by molar-refractivity contribution is -0.144. The summed E-state index contributed by atoms with van der Waals surface area (Å²) in [5.41, 5.74) is 2.14. The molecule has 3 rings (SSSR count). The van der Waals surface area contributed by atoms with Crippen LogP contribution < -0.4 is 4.74 Å². The minimum absolute atomic E-state index is 0.370. The first-order chi connectivity index (χ1) is 11.6. The van der Waals surface area contributed by atoms with Crippen molar-refractivity contribution in [2.45, 2.75) is 38.8 Å². The fourth-order valence-electron chi connectivity index (χ4n) is 3.15. The zero-order chi connectivity index (χ0) is 16.9. The first-order valence-electron chi connectivity index (χ1n) is 8.28. The number of aromatic nitrogens is 1. The molecular formula is C19H22N2O3. The van der Waals surface area contributed by atoms with Crippen molar-refractivity contribution in [2.24, 2.45) is 0 Å². The van der Waals surface area contributed by atoms with Gasteiger partial charge in [0.2, 0.25) is 0 Å². The van der Waals surface area contributed by atoms with Crippen molar-refractivity contribution in [3.05, 3.63) is 53.9 Å². The molecule has 0 amide bonds. The Morgan fingerprint density at radius 3 is 2.96 bits per heavy atom. The number of nitrogens with zero attached hydrogens (tertiary/aromatic N) is 2. The van der Waals surface area contributed by atoms with Crippen LogP contribution >= 0.6 is 0 Å². The summed E-state index contributed by atoms with van der Waals surface area (Å²) >= 11 is 0. The number of carboxylic acids is 1. The minimum Gasteiger partial charge on any atom is -0.480 e. The van der Waals surface area contributed by atoms with Gasteiger partial charge in [-0.15, -0.1) is 0 Å². The van der Waals surface area contributed by atoms with Gasteiger partial charge in [0.1, 0.15) is 17.5 Å². The molecule has 0 bridgehead atoms. The lowest BCUT2D eigenvalue weighted by atomic mass is 10.0. The predicted octanol–water partition coefficient (Wildman–Crippen LogP) is 3.62. The van der Waals surface area contributed by atoms with E-state index in [9.17, 15) is 9.90 Å². The molecular weight excluding hydrogens is 304 g/mol. The van der Waals surface area contributed by atoms with Gasteiger partial charge in [0.15, 0.2) is 0 Å². The summed E-state index contributed by atoms with van der Waals surface area (Å²) in [5, 5.41) is 9.38. The second-order valence-electron chi connectivity index (χ2n) is 6.21. The summed E-state index contributed by atoms with van der Waals surface area (Å²) in [6.07, 6.45) is 6.17. The van der Waals surface area contributed by atoms with E-state index < -0.39 is 5.97 Å². The van der Waals surface area contributed by atoms with E-state index in [1.165, 1.54) is 0 Å². The van der Waals surface area contributed by atoms with Gasteiger partial charge in [0.05, 0.1) is 6.20 Å². The van der Waals surface area contributed by atoms with Gasteiger partial charge in [0.25, 0.3) is 0 Å². The fourth-order valence-corrected chi connectivity index (χ4v) is 3.15. The number of aryl methyl sites for hydroxylation is 1. The van der Waals surface area contributed by atoms with Gasteiger partial charge in [0, 0.05) is 12.7 Å². The third-order valence-electron chi connectivity index (χ3n) is 4.39. The maximum atomic E-state index is 11.4. The molecule has 24 heavy (non-hydrogen) atoms. The standard InChI is InChI=1S/C19H22N2O3/c1-14-11-15(13-21-10-3-2-6-17(21)19(22)23)7-8-18(14)24-16-5-4-9-20-12-16/h4-5,7-9,11-12,17H,2-3,6,10,13H2,1H3,(H,22,23). The van der Waals surface area contributed by atoms with Crippen LogP contribution in [0, 0.1) is 6.92 Å². The van der Waals surface area contributed by atoms with Crippen molar-refractivity contribution < 1.29 is 14.6 Å². The Morgan fingerprint density at radius 2 is 2.25 bits per heavy atom. The second-order valence-corrected chi connectivity index (χ2v) is 6.21. The van der Waals surface area contributed by atoms with Crippen molar-refractivity contribution in [1.29, 1.82) is 0 Å². The number of pyridine rings is 1. The molecule has 2 aromatic rings. The van der Waals surface area contributed by atoms with E-state index in [0.29, 0.717) is 12.3 Å². The van der Waals surface area contributed by atoms with E-state index in [0.717, 1.165) is 42.7 Å². The zero-order valence-corrected chi connectivity index (χ0v) is 13.8. The first-order valence-corrected chi connectivity index (χ1v) is 8.28. The van der Waals surface area contributed by atoms with Crippen LogP contribution in [-0.2, 0) is 11.3 Å². The second kappa shape index (κ2) is 7.45. The number of benzene rings is 1. The third kappa shape index (κ3) is 3.92. The van der Waals surface area contributed by atoms with E-state index in [1.54, 1.807) is 12.4 Å². The van der Waals surface area contributed by atoms with Crippen LogP contribution in [0.1, 0.15) is 30.4 Å². The van der Waals surface area contributed by atoms with Gasteiger partial charge in [-0.25, -0.2) is 0 Å². The lowest BCUT2D eigenvalue weighted by Crippen LogP contribution is -2.43. The Balaban J connectivity index is 1.71. The van der Waals surface area contributed by atoms with Crippen molar-refractivity contribution >= 4 is 5.97 Å². The highest BCUT2D eigenvalue weighted by Crippen LogP contribution is 2.27. The molecule has 1 saturated heterocycles. The van der Waals surface area contributed by atoms with Crippen LogP contribution in [0.3, 0.4) is 0 Å². The molecule has 5 heteroatoms. The zero-order valence-electron chi connectivity index (χ0n) is 13.8. The molecule has 2 heterocycles. The minimum atomic E-state index is -0.719. The number of rotatable bonds is 5. The molecule has 1 N–H and O–H groups in total. The molecule has 1 aromatic heterocycles. The highest BCUT2D eigenvalue weighted by molar-refractivity contribution is 5.73. The molecule has 0 saturated carbocycles. The van der Waals surface area contributed by atoms with Gasteiger partial charge < -0.3 is 9.84 Å². The average molecular weight is 326 g/mol. The largest absolute Gasteiger partial charge is 0.480 e. The number of carbonyl (C=O) groups is 1. The molecule has 1 aromatic carbocycles. The Morgan fingerprint density at radius 1 is 1.38 bits per heavy atom. The van der Waals surface area contributed by atoms with Crippen LogP contribution in [0.25, 0.3) is 0 Å². The van der Waals surface area contributed by atoms with Crippen molar-refractivity contribution in [1.82, 2.24) is 9.88 Å². The van der Waals surface area contributed by atoms with E-state index in [1.807, 2.05) is 31.2 Å². The summed E-state index contributed by atoms with van der Waals surface area (Å²) in [7, 11) is 0. The average Bonchev–Trinajstić information content (AvgIpc) is 2.58. The van der Waals surface area contributed by atoms with Gasteiger partial charge in [-0.3, -0.25) is 14.7 Å². The summed E-state index contributed by atoms with van der Waals surface area (Å²) < 4.78 is 5.84. The van der Waals surface area contributed by atoms with E-state index in [4.69, 9.17) is 4.74 Å². The molecule has 0 radical (unpaired) electrons. The molecule has 126 valence electrons. The van der Waals surface area contributed by atoms with Crippen LogP contribution in [-0.4, -0.2) is 33.5 Å². The Labute approximate surface area is 141 Å². The molecule has 1 aliphatic rings. The number of carboxylic acid groups (broad SMARTS) is 1. The highest BCUT2D eigenvalue weighted by Gasteiger charge is 2.28. The number of likely N-dealkylation sites (tertiary alicyclic amines) is 1. The number of hydrogen-bond donors (Lipinski definition) is 1. The van der Waals surface area contributed by atoms with Crippen LogP contribution in [0.5, 0.6) is 11.5 Å². The summed E-state index contributed by atoms with van der Waals surface area (Å²) in [4.78, 5) is 17.5. The molecule has 0 spiro atoms. The van der Waals surface area contributed by atoms with Crippen LogP contribution in [0.15, 0.2) is 42.7 Å².